The molecule has 2 aliphatic rings. The lowest BCUT2D eigenvalue weighted by Gasteiger charge is -2.27. The minimum Gasteiger partial charge on any atom is -0.361 e. The van der Waals surface area contributed by atoms with Crippen molar-refractivity contribution in [2.45, 2.75) is 33.1 Å². The molecule has 5 rings (SSSR count). The van der Waals surface area contributed by atoms with Crippen molar-refractivity contribution < 1.29 is 13.8 Å². The molecule has 0 N–H and O–H groups in total. The quantitative estimate of drug-likeness (QED) is 0.641. The fourth-order valence-corrected chi connectivity index (χ4v) is 5.21. The van der Waals surface area contributed by atoms with Crippen molar-refractivity contribution in [3.05, 3.63) is 52.7 Å². The number of benzene rings is 1. The molecule has 8 nitrogen and oxygen atoms in total. The number of likely N-dealkylation sites (tertiary alicyclic amines) is 2. The number of amides is 1. The van der Waals surface area contributed by atoms with E-state index in [2.05, 4.69) is 28.3 Å². The van der Waals surface area contributed by atoms with E-state index in [4.69, 9.17) is 14.0 Å². The molecule has 31 heavy (non-hydrogen) atoms. The lowest BCUT2D eigenvalue weighted by Crippen LogP contribution is -2.34. The molecular weight excluding hydrogens is 394 g/mol. The highest BCUT2D eigenvalue weighted by atomic mass is 16.5. The number of aromatic nitrogens is 3. The van der Waals surface area contributed by atoms with Gasteiger partial charge in [0.15, 0.2) is 0 Å². The Hall–Kier alpha value is -3.00. The van der Waals surface area contributed by atoms with E-state index >= 15 is 0 Å². The van der Waals surface area contributed by atoms with Crippen molar-refractivity contribution in [3.63, 3.8) is 0 Å². The second kappa shape index (κ2) is 7.30. The van der Waals surface area contributed by atoms with Gasteiger partial charge < -0.3 is 18.8 Å². The van der Waals surface area contributed by atoms with Crippen molar-refractivity contribution in [2.75, 3.05) is 33.2 Å². The Kier molecular flexibility index (Phi) is 4.69. The predicted molar refractivity (Wildman–Crippen MR) is 114 cm³/mol. The van der Waals surface area contributed by atoms with Gasteiger partial charge in [-0.25, -0.2) is 0 Å². The Morgan fingerprint density at radius 1 is 1.16 bits per heavy atom. The van der Waals surface area contributed by atoms with Gasteiger partial charge in [0.25, 0.3) is 5.91 Å². The zero-order chi connectivity index (χ0) is 21.8. The maximum absolute atomic E-state index is 13.4. The van der Waals surface area contributed by atoms with Crippen LogP contribution in [0.1, 0.15) is 45.6 Å². The third-order valence-corrected chi connectivity index (χ3v) is 6.77. The molecule has 4 heterocycles. The SMILES string of the molecule is Cc1cccc(-c2noc([C@@H]3CN(C(=O)c4c(C)noc4C)C[C@@]34CCN(C)C4)n2)c1. The van der Waals surface area contributed by atoms with E-state index in [0.29, 0.717) is 41.8 Å². The van der Waals surface area contributed by atoms with Gasteiger partial charge >= 0.3 is 0 Å². The van der Waals surface area contributed by atoms with Crippen LogP contribution in [-0.2, 0) is 0 Å². The number of nitrogens with zero attached hydrogens (tertiary/aromatic N) is 5. The minimum absolute atomic E-state index is 0.00654. The zero-order valence-corrected chi connectivity index (χ0v) is 18.4. The van der Waals surface area contributed by atoms with Gasteiger partial charge in [0.2, 0.25) is 11.7 Å². The van der Waals surface area contributed by atoms with Gasteiger partial charge in [-0.3, -0.25) is 4.79 Å². The lowest BCUT2D eigenvalue weighted by atomic mass is 9.77. The van der Waals surface area contributed by atoms with Crippen molar-refractivity contribution in [2.24, 2.45) is 5.41 Å². The summed E-state index contributed by atoms with van der Waals surface area (Å²) in [7, 11) is 2.12. The maximum Gasteiger partial charge on any atom is 0.259 e. The van der Waals surface area contributed by atoms with Gasteiger partial charge in [0.1, 0.15) is 11.3 Å². The van der Waals surface area contributed by atoms with Gasteiger partial charge in [-0.05, 0) is 46.9 Å². The van der Waals surface area contributed by atoms with Crippen LogP contribution in [0.2, 0.25) is 0 Å². The normalized spacial score (nSPS) is 23.9. The molecule has 1 amide bonds. The summed E-state index contributed by atoms with van der Waals surface area (Å²) in [5.41, 5.74) is 3.18. The van der Waals surface area contributed by atoms with Crippen LogP contribution in [0, 0.1) is 26.2 Å². The third-order valence-electron chi connectivity index (χ3n) is 6.77. The number of carbonyl (C=O) groups excluding carboxylic acids is 1. The lowest BCUT2D eigenvalue weighted by molar-refractivity contribution is 0.0771. The first-order valence-corrected chi connectivity index (χ1v) is 10.7. The summed E-state index contributed by atoms with van der Waals surface area (Å²) < 4.78 is 11.0. The summed E-state index contributed by atoms with van der Waals surface area (Å²) >= 11 is 0. The molecule has 0 bridgehead atoms. The van der Waals surface area contributed by atoms with Gasteiger partial charge in [0.05, 0.1) is 11.6 Å². The summed E-state index contributed by atoms with van der Waals surface area (Å²) in [4.78, 5) is 22.4. The predicted octanol–water partition coefficient (Wildman–Crippen LogP) is 3.21. The van der Waals surface area contributed by atoms with Crippen LogP contribution >= 0.6 is 0 Å². The smallest absolute Gasteiger partial charge is 0.259 e. The highest BCUT2D eigenvalue weighted by molar-refractivity contribution is 5.96. The molecule has 162 valence electrons. The molecule has 1 spiro atoms. The molecule has 0 radical (unpaired) electrons. The minimum atomic E-state index is -0.0974. The van der Waals surface area contributed by atoms with E-state index in [1.54, 1.807) is 6.92 Å². The molecule has 3 aromatic rings. The second-order valence-electron chi connectivity index (χ2n) is 9.11. The van der Waals surface area contributed by atoms with Gasteiger partial charge in [-0.1, -0.05) is 34.1 Å². The fraction of sp³-hybridized carbons (Fsp3) is 0.478. The summed E-state index contributed by atoms with van der Waals surface area (Å²) in [6, 6.07) is 8.08. The van der Waals surface area contributed by atoms with E-state index in [1.807, 2.05) is 36.9 Å². The van der Waals surface area contributed by atoms with Crippen LogP contribution in [0.15, 0.2) is 33.3 Å². The molecule has 2 fully saturated rings. The average Bonchev–Trinajstić information content (AvgIpc) is 3.50. The highest BCUT2D eigenvalue weighted by Gasteiger charge is 2.54. The summed E-state index contributed by atoms with van der Waals surface area (Å²) in [5.74, 6) is 1.72. The number of rotatable bonds is 3. The van der Waals surface area contributed by atoms with Crippen LogP contribution in [-0.4, -0.2) is 64.2 Å². The molecule has 2 aliphatic heterocycles. The van der Waals surface area contributed by atoms with Crippen molar-refractivity contribution in [1.82, 2.24) is 25.1 Å². The standard InChI is InChI=1S/C23H27N5O3/c1-14-6-5-7-17(10-14)20-24-21(31-26-20)18-11-28(13-23(18)8-9-27(4)12-23)22(29)19-15(2)25-30-16(19)3/h5-7,10,18H,8-9,11-13H2,1-4H3/t18-,23-/m0/s1. The Morgan fingerprint density at radius 3 is 2.68 bits per heavy atom. The first-order valence-electron chi connectivity index (χ1n) is 10.7. The molecule has 2 saturated heterocycles. The summed E-state index contributed by atoms with van der Waals surface area (Å²) in [6.07, 6.45) is 0.988. The van der Waals surface area contributed by atoms with Crippen LogP contribution in [0.5, 0.6) is 0 Å². The molecule has 2 aromatic heterocycles. The van der Waals surface area contributed by atoms with Crippen molar-refractivity contribution >= 4 is 5.91 Å². The number of carbonyl (C=O) groups is 1. The number of aryl methyl sites for hydroxylation is 3. The molecule has 1 aromatic carbocycles. The van der Waals surface area contributed by atoms with E-state index in [0.717, 1.165) is 30.6 Å². The Labute approximate surface area is 181 Å². The summed E-state index contributed by atoms with van der Waals surface area (Å²) in [5, 5.41) is 8.22. The molecule has 0 saturated carbocycles. The van der Waals surface area contributed by atoms with E-state index < -0.39 is 0 Å². The first-order chi connectivity index (χ1) is 14.9. The van der Waals surface area contributed by atoms with Crippen LogP contribution in [0.4, 0.5) is 0 Å². The molecule has 0 unspecified atom stereocenters. The highest BCUT2D eigenvalue weighted by Crippen LogP contribution is 2.49. The van der Waals surface area contributed by atoms with E-state index in [9.17, 15) is 4.79 Å². The molecular formula is C23H27N5O3. The van der Waals surface area contributed by atoms with E-state index in [-0.39, 0.29) is 17.2 Å². The Balaban J connectivity index is 1.48. The Morgan fingerprint density at radius 2 is 2.00 bits per heavy atom. The topological polar surface area (TPSA) is 88.5 Å². The van der Waals surface area contributed by atoms with Crippen molar-refractivity contribution in [1.29, 1.82) is 0 Å². The van der Waals surface area contributed by atoms with Gasteiger partial charge in [0, 0.05) is 30.6 Å². The third kappa shape index (κ3) is 3.35. The van der Waals surface area contributed by atoms with Gasteiger partial charge in [-0.15, -0.1) is 0 Å². The second-order valence-corrected chi connectivity index (χ2v) is 9.11. The first kappa shape index (κ1) is 19.9. The molecule has 2 atom stereocenters. The van der Waals surface area contributed by atoms with Crippen LogP contribution < -0.4 is 0 Å². The van der Waals surface area contributed by atoms with Gasteiger partial charge in [-0.2, -0.15) is 4.98 Å². The van der Waals surface area contributed by atoms with Crippen LogP contribution in [0.3, 0.4) is 0 Å². The van der Waals surface area contributed by atoms with Crippen LogP contribution in [0.25, 0.3) is 11.4 Å². The van der Waals surface area contributed by atoms with Crippen molar-refractivity contribution in [3.8, 4) is 11.4 Å². The Bertz CT molecular complexity index is 1120. The average molecular weight is 422 g/mol. The summed E-state index contributed by atoms with van der Waals surface area (Å²) in [6.45, 7) is 8.73. The molecule has 0 aliphatic carbocycles. The monoisotopic (exact) mass is 421 g/mol. The number of hydrogen-bond acceptors (Lipinski definition) is 7. The largest absolute Gasteiger partial charge is 0.361 e. The maximum atomic E-state index is 13.4. The molecule has 8 heteroatoms. The zero-order valence-electron chi connectivity index (χ0n) is 18.4. The van der Waals surface area contributed by atoms with E-state index in [1.165, 1.54) is 0 Å². The number of hydrogen-bond donors (Lipinski definition) is 0. The fourth-order valence-electron chi connectivity index (χ4n) is 5.21.